The van der Waals surface area contributed by atoms with E-state index in [1.165, 1.54) is 6.92 Å². The summed E-state index contributed by atoms with van der Waals surface area (Å²) in [7, 11) is 0. The van der Waals surface area contributed by atoms with Crippen LogP contribution in [-0.2, 0) is 0 Å². The van der Waals surface area contributed by atoms with Crippen molar-refractivity contribution in [3.63, 3.8) is 0 Å². The summed E-state index contributed by atoms with van der Waals surface area (Å²) in [6, 6.07) is 1.03. The first-order chi connectivity index (χ1) is 6.43. The molecule has 1 aromatic rings. The van der Waals surface area contributed by atoms with Crippen LogP contribution in [0.4, 0.5) is 4.39 Å². The number of aliphatic hydroxyl groups excluding tert-OH is 1. The van der Waals surface area contributed by atoms with Gasteiger partial charge in [0.2, 0.25) is 0 Å². The Labute approximate surface area is 80.4 Å². The fourth-order valence-corrected chi connectivity index (χ4v) is 1.08. The van der Waals surface area contributed by atoms with Crippen molar-refractivity contribution in [3.8, 4) is 11.5 Å². The van der Waals surface area contributed by atoms with Gasteiger partial charge >= 0.3 is 0 Å². The van der Waals surface area contributed by atoms with Gasteiger partial charge in [-0.15, -0.1) is 0 Å². The maximum Gasteiger partial charge on any atom is 0.160 e. The summed E-state index contributed by atoms with van der Waals surface area (Å²) in [5, 5.41) is 27.5. The molecule has 0 spiro atoms. The maximum atomic E-state index is 13.2. The van der Waals surface area contributed by atoms with Crippen molar-refractivity contribution in [2.45, 2.75) is 19.1 Å². The number of hydrogen-bond donors (Lipinski definition) is 4. The van der Waals surface area contributed by atoms with Crippen molar-refractivity contribution in [2.75, 3.05) is 0 Å². The fraction of sp³-hybridized carbons (Fsp3) is 0.333. The minimum absolute atomic E-state index is 0.129. The number of halogens is 1. The minimum atomic E-state index is -1.21. The molecule has 0 radical (unpaired) electrons. The number of aliphatic hydroxyl groups is 1. The van der Waals surface area contributed by atoms with Gasteiger partial charge in [0.1, 0.15) is 5.82 Å². The molecule has 14 heavy (non-hydrogen) atoms. The largest absolute Gasteiger partial charge is 0.504 e. The lowest BCUT2D eigenvalue weighted by atomic mass is 10.0. The molecule has 2 atom stereocenters. The van der Waals surface area contributed by atoms with E-state index in [1.54, 1.807) is 0 Å². The molecule has 2 unspecified atom stereocenters. The second-order valence-corrected chi connectivity index (χ2v) is 3.17. The van der Waals surface area contributed by atoms with Gasteiger partial charge in [0, 0.05) is 17.7 Å². The molecule has 0 fully saturated rings. The van der Waals surface area contributed by atoms with Crippen molar-refractivity contribution >= 4 is 0 Å². The normalized spacial score (nSPS) is 15.1. The van der Waals surface area contributed by atoms with Gasteiger partial charge in [-0.25, -0.2) is 4.39 Å². The Hall–Kier alpha value is -1.33. The number of hydrogen-bond acceptors (Lipinski definition) is 4. The first-order valence-electron chi connectivity index (χ1n) is 4.08. The summed E-state index contributed by atoms with van der Waals surface area (Å²) in [5.41, 5.74) is 5.23. The van der Waals surface area contributed by atoms with Crippen LogP contribution in [0.15, 0.2) is 12.1 Å². The fourth-order valence-electron chi connectivity index (χ4n) is 1.08. The zero-order chi connectivity index (χ0) is 10.9. The number of benzene rings is 1. The molecular formula is C9H12FNO3. The average Bonchev–Trinajstić information content (AvgIpc) is 2.10. The number of phenolic OH excluding ortho intramolecular Hbond substituents is 2. The summed E-state index contributed by atoms with van der Waals surface area (Å²) in [5.74, 6) is -1.85. The third kappa shape index (κ3) is 1.94. The van der Waals surface area contributed by atoms with Crippen LogP contribution < -0.4 is 5.73 Å². The average molecular weight is 201 g/mol. The first kappa shape index (κ1) is 10.7. The molecule has 1 rings (SSSR count). The molecule has 0 saturated carbocycles. The van der Waals surface area contributed by atoms with Crippen LogP contribution in [0.2, 0.25) is 0 Å². The zero-order valence-electron chi connectivity index (χ0n) is 7.61. The molecule has 0 heterocycles. The molecule has 0 aliphatic rings. The minimum Gasteiger partial charge on any atom is -0.504 e. The highest BCUT2D eigenvalue weighted by Crippen LogP contribution is 2.31. The third-order valence-electron chi connectivity index (χ3n) is 1.91. The van der Waals surface area contributed by atoms with E-state index in [0.29, 0.717) is 0 Å². The molecule has 0 aromatic heterocycles. The number of aromatic hydroxyl groups is 2. The van der Waals surface area contributed by atoms with Gasteiger partial charge < -0.3 is 21.1 Å². The zero-order valence-corrected chi connectivity index (χ0v) is 7.61. The molecule has 0 bridgehead atoms. The van der Waals surface area contributed by atoms with Gasteiger partial charge in [-0.05, 0) is 13.0 Å². The van der Waals surface area contributed by atoms with Gasteiger partial charge in [0.05, 0.1) is 6.10 Å². The van der Waals surface area contributed by atoms with E-state index < -0.39 is 29.5 Å². The van der Waals surface area contributed by atoms with E-state index in [-0.39, 0.29) is 5.56 Å². The Morgan fingerprint density at radius 3 is 2.29 bits per heavy atom. The van der Waals surface area contributed by atoms with E-state index in [0.717, 1.165) is 12.1 Å². The van der Waals surface area contributed by atoms with Crippen molar-refractivity contribution < 1.29 is 19.7 Å². The summed E-state index contributed by atoms with van der Waals surface area (Å²) in [4.78, 5) is 0. The lowest BCUT2D eigenvalue weighted by molar-refractivity contribution is 0.148. The summed E-state index contributed by atoms with van der Waals surface area (Å²) < 4.78 is 13.2. The predicted octanol–water partition coefficient (Wildman–Crippen LogP) is 0.617. The van der Waals surface area contributed by atoms with E-state index >= 15 is 0 Å². The number of phenols is 2. The molecular weight excluding hydrogens is 189 g/mol. The quantitative estimate of drug-likeness (QED) is 0.528. The Balaban J connectivity index is 3.15. The molecule has 5 heteroatoms. The lowest BCUT2D eigenvalue weighted by Crippen LogP contribution is -2.25. The molecule has 1 aromatic carbocycles. The molecule has 5 N–H and O–H groups in total. The van der Waals surface area contributed by atoms with Crippen LogP contribution in [0.25, 0.3) is 0 Å². The smallest absolute Gasteiger partial charge is 0.160 e. The lowest BCUT2D eigenvalue weighted by Gasteiger charge is -2.16. The first-order valence-corrected chi connectivity index (χ1v) is 4.08. The van der Waals surface area contributed by atoms with Crippen LogP contribution in [0, 0.1) is 5.82 Å². The molecule has 0 amide bonds. The second kappa shape index (κ2) is 3.81. The monoisotopic (exact) mass is 201 g/mol. The van der Waals surface area contributed by atoms with Crippen LogP contribution in [0.1, 0.15) is 18.6 Å². The van der Waals surface area contributed by atoms with Crippen LogP contribution in [0.5, 0.6) is 11.5 Å². The van der Waals surface area contributed by atoms with Gasteiger partial charge in [-0.1, -0.05) is 0 Å². The second-order valence-electron chi connectivity index (χ2n) is 3.17. The summed E-state index contributed by atoms with van der Waals surface area (Å²) in [6.07, 6.45) is -1.21. The molecule has 78 valence electrons. The molecule has 0 aliphatic heterocycles. The number of rotatable bonds is 2. The van der Waals surface area contributed by atoms with E-state index in [2.05, 4.69) is 0 Å². The molecule has 0 aliphatic carbocycles. The third-order valence-corrected chi connectivity index (χ3v) is 1.91. The highest BCUT2D eigenvalue weighted by atomic mass is 19.1. The van der Waals surface area contributed by atoms with E-state index in [4.69, 9.17) is 15.9 Å². The van der Waals surface area contributed by atoms with Gasteiger partial charge in [-0.2, -0.15) is 0 Å². The number of nitrogens with two attached hydrogens (primary N) is 1. The summed E-state index contributed by atoms with van der Waals surface area (Å²) >= 11 is 0. The Morgan fingerprint density at radius 2 is 1.79 bits per heavy atom. The van der Waals surface area contributed by atoms with Crippen molar-refractivity contribution in [3.05, 3.63) is 23.5 Å². The Kier molecular flexibility index (Phi) is 2.93. The van der Waals surface area contributed by atoms with Crippen molar-refractivity contribution in [1.82, 2.24) is 0 Å². The summed E-state index contributed by atoms with van der Waals surface area (Å²) in [6.45, 7) is 1.51. The molecule has 4 nitrogen and oxygen atoms in total. The van der Waals surface area contributed by atoms with Gasteiger partial charge in [-0.3, -0.25) is 0 Å². The van der Waals surface area contributed by atoms with Crippen LogP contribution >= 0.6 is 0 Å². The highest BCUT2D eigenvalue weighted by molar-refractivity contribution is 5.42. The van der Waals surface area contributed by atoms with Crippen LogP contribution in [0.3, 0.4) is 0 Å². The Morgan fingerprint density at radius 1 is 1.29 bits per heavy atom. The van der Waals surface area contributed by atoms with Crippen LogP contribution in [-0.4, -0.2) is 21.4 Å². The topological polar surface area (TPSA) is 86.7 Å². The van der Waals surface area contributed by atoms with Crippen molar-refractivity contribution in [2.24, 2.45) is 5.73 Å². The molecule has 0 saturated heterocycles. The predicted molar refractivity (Wildman–Crippen MR) is 48.3 cm³/mol. The standard InChI is InChI=1S/C9H12FNO3/c1-4(11)9(14)5-2-7(12)8(13)3-6(5)10/h2-4,9,12-14H,11H2,1H3. The van der Waals surface area contributed by atoms with E-state index in [9.17, 15) is 9.50 Å². The maximum absolute atomic E-state index is 13.2. The highest BCUT2D eigenvalue weighted by Gasteiger charge is 2.19. The SMILES string of the molecule is CC(N)C(O)c1cc(O)c(O)cc1F. The van der Waals surface area contributed by atoms with Crippen molar-refractivity contribution in [1.29, 1.82) is 0 Å². The van der Waals surface area contributed by atoms with Gasteiger partial charge in [0.15, 0.2) is 11.5 Å². The van der Waals surface area contributed by atoms with Gasteiger partial charge in [0.25, 0.3) is 0 Å². The van der Waals surface area contributed by atoms with E-state index in [1.807, 2.05) is 0 Å². The Bertz CT molecular complexity index is 341.